The van der Waals surface area contributed by atoms with Crippen molar-refractivity contribution >= 4 is 0 Å². The topological polar surface area (TPSA) is 53.0 Å². The summed E-state index contributed by atoms with van der Waals surface area (Å²) >= 11 is 0. The van der Waals surface area contributed by atoms with Crippen LogP contribution in [0.25, 0.3) is 0 Å². The first-order valence-corrected chi connectivity index (χ1v) is 9.83. The summed E-state index contributed by atoms with van der Waals surface area (Å²) in [6, 6.07) is 0. The molecule has 0 radical (unpaired) electrons. The molecule has 5 aliphatic rings. The Kier molecular flexibility index (Phi) is 2.86. The number of ether oxygens (including phenoxy) is 1. The lowest BCUT2D eigenvalue weighted by Gasteiger charge is -2.66. The first-order chi connectivity index (χ1) is 10.9. The molecular weight excluding hydrogens is 288 g/mol. The molecule has 0 amide bonds. The minimum atomic E-state index is -0.336. The highest BCUT2D eigenvalue weighted by atomic mass is 16.6. The van der Waals surface area contributed by atoms with E-state index in [1.807, 2.05) is 0 Å². The van der Waals surface area contributed by atoms with Gasteiger partial charge in [-0.15, -0.1) is 0 Å². The van der Waals surface area contributed by atoms with Crippen LogP contribution in [0.1, 0.15) is 65.2 Å². The van der Waals surface area contributed by atoms with Gasteiger partial charge in [-0.25, -0.2) is 0 Å². The molecule has 2 bridgehead atoms. The van der Waals surface area contributed by atoms with Crippen LogP contribution in [0.4, 0.5) is 0 Å². The molecule has 0 aromatic rings. The summed E-state index contributed by atoms with van der Waals surface area (Å²) in [6.45, 7) is 5.81. The lowest BCUT2D eigenvalue weighted by Crippen LogP contribution is -2.62. The molecular formula is C20H32O3. The van der Waals surface area contributed by atoms with Crippen LogP contribution in [-0.2, 0) is 4.74 Å². The Hall–Kier alpha value is -0.120. The van der Waals surface area contributed by atoms with Crippen LogP contribution in [0, 0.1) is 34.0 Å². The Morgan fingerprint density at radius 1 is 1.04 bits per heavy atom. The van der Waals surface area contributed by atoms with Crippen molar-refractivity contribution in [3.8, 4) is 0 Å². The predicted octanol–water partition coefficient (Wildman–Crippen LogP) is 3.13. The van der Waals surface area contributed by atoms with Crippen molar-refractivity contribution < 1.29 is 14.9 Å². The summed E-state index contributed by atoms with van der Waals surface area (Å²) < 4.78 is 5.94. The van der Waals surface area contributed by atoms with Gasteiger partial charge in [-0.2, -0.15) is 0 Å². The zero-order valence-electron chi connectivity index (χ0n) is 14.7. The average molecular weight is 320 g/mol. The number of rotatable bonds is 1. The zero-order valence-corrected chi connectivity index (χ0v) is 14.7. The average Bonchev–Trinajstić information content (AvgIpc) is 3.25. The normalized spacial score (nSPS) is 63.7. The molecule has 4 saturated carbocycles. The summed E-state index contributed by atoms with van der Waals surface area (Å²) in [5, 5.41) is 20.8. The molecule has 4 aliphatic carbocycles. The third kappa shape index (κ3) is 1.58. The Morgan fingerprint density at radius 3 is 2.52 bits per heavy atom. The van der Waals surface area contributed by atoms with Gasteiger partial charge in [0.25, 0.3) is 0 Å². The minimum Gasteiger partial charge on any atom is -0.396 e. The maximum Gasteiger partial charge on any atom is 0.0945 e. The lowest BCUT2D eigenvalue weighted by molar-refractivity contribution is -0.209. The van der Waals surface area contributed by atoms with Gasteiger partial charge in [0.05, 0.1) is 24.9 Å². The monoisotopic (exact) mass is 320 g/mol. The molecule has 130 valence electrons. The molecule has 0 unspecified atom stereocenters. The SMILES string of the molecule is C[C@@]1(CO)[C@H](O)CC[C@@]2(C)[C@H]1CC[C@H]1C[C@@H]3C[C@@]12CC[C@]31CO1. The van der Waals surface area contributed by atoms with E-state index in [0.717, 1.165) is 31.3 Å². The minimum absolute atomic E-state index is 0.131. The molecule has 8 atom stereocenters. The Morgan fingerprint density at radius 2 is 1.83 bits per heavy atom. The second-order valence-electron chi connectivity index (χ2n) is 10.1. The van der Waals surface area contributed by atoms with Gasteiger partial charge in [0.1, 0.15) is 0 Å². The third-order valence-corrected chi connectivity index (χ3v) is 9.76. The van der Waals surface area contributed by atoms with Gasteiger partial charge in [0.2, 0.25) is 0 Å². The van der Waals surface area contributed by atoms with E-state index in [2.05, 4.69) is 13.8 Å². The number of epoxide rings is 1. The number of aliphatic hydroxyl groups excluding tert-OH is 2. The maximum atomic E-state index is 10.7. The highest BCUT2D eigenvalue weighted by molar-refractivity contribution is 5.21. The van der Waals surface area contributed by atoms with Gasteiger partial charge >= 0.3 is 0 Å². The Bertz CT molecular complexity index is 529. The van der Waals surface area contributed by atoms with E-state index >= 15 is 0 Å². The molecule has 1 saturated heterocycles. The molecule has 5 fully saturated rings. The van der Waals surface area contributed by atoms with Crippen LogP contribution >= 0.6 is 0 Å². The molecule has 5 rings (SSSR count). The Balaban J connectivity index is 1.57. The van der Waals surface area contributed by atoms with Gasteiger partial charge in [0.15, 0.2) is 0 Å². The highest BCUT2D eigenvalue weighted by Crippen LogP contribution is 2.76. The molecule has 1 heterocycles. The molecule has 2 spiro atoms. The quantitative estimate of drug-likeness (QED) is 0.730. The molecule has 3 heteroatoms. The number of aliphatic hydroxyl groups is 2. The molecule has 2 N–H and O–H groups in total. The molecule has 1 aliphatic heterocycles. The second-order valence-corrected chi connectivity index (χ2v) is 10.1. The Labute approximate surface area is 139 Å². The standard InChI is InChI=1S/C20H32O3/c1-17(11-21)15-4-3-13-9-14-10-19(13,7-8-20(14)12-23-20)18(15,2)6-5-16(17)22/h13-16,21-22H,3-12H2,1-2H3/t13-,14+,15-,16+,17-,18-,19-,20-/m0/s1. The molecule has 0 aromatic carbocycles. The van der Waals surface area contributed by atoms with Gasteiger partial charge in [0, 0.05) is 5.41 Å². The third-order valence-electron chi connectivity index (χ3n) is 9.76. The van der Waals surface area contributed by atoms with E-state index in [1.165, 1.54) is 38.5 Å². The molecule has 23 heavy (non-hydrogen) atoms. The van der Waals surface area contributed by atoms with Gasteiger partial charge in [-0.1, -0.05) is 13.8 Å². The summed E-state index contributed by atoms with van der Waals surface area (Å²) in [5.74, 6) is 2.10. The fraction of sp³-hybridized carbons (Fsp3) is 1.00. The fourth-order valence-electron chi connectivity index (χ4n) is 8.18. The van der Waals surface area contributed by atoms with E-state index in [0.29, 0.717) is 11.3 Å². The van der Waals surface area contributed by atoms with E-state index in [1.54, 1.807) is 0 Å². The van der Waals surface area contributed by atoms with Gasteiger partial charge in [-0.05, 0) is 80.0 Å². The lowest BCUT2D eigenvalue weighted by atomic mass is 9.39. The van der Waals surface area contributed by atoms with Crippen molar-refractivity contribution in [3.05, 3.63) is 0 Å². The van der Waals surface area contributed by atoms with Gasteiger partial charge < -0.3 is 14.9 Å². The molecule has 3 nitrogen and oxygen atoms in total. The van der Waals surface area contributed by atoms with Crippen LogP contribution < -0.4 is 0 Å². The van der Waals surface area contributed by atoms with E-state index in [4.69, 9.17) is 4.74 Å². The zero-order chi connectivity index (χ0) is 16.1. The molecule has 0 aromatic heterocycles. The van der Waals surface area contributed by atoms with Crippen molar-refractivity contribution in [2.24, 2.45) is 34.0 Å². The largest absolute Gasteiger partial charge is 0.396 e. The smallest absolute Gasteiger partial charge is 0.0945 e. The number of hydrogen-bond acceptors (Lipinski definition) is 3. The van der Waals surface area contributed by atoms with Crippen LogP contribution in [0.5, 0.6) is 0 Å². The number of hydrogen-bond donors (Lipinski definition) is 2. The highest BCUT2D eigenvalue weighted by Gasteiger charge is 2.72. The van der Waals surface area contributed by atoms with Crippen molar-refractivity contribution in [1.82, 2.24) is 0 Å². The summed E-state index contributed by atoms with van der Waals surface area (Å²) in [5.41, 5.74) is 0.700. The van der Waals surface area contributed by atoms with E-state index < -0.39 is 0 Å². The van der Waals surface area contributed by atoms with Crippen LogP contribution in [0.3, 0.4) is 0 Å². The second kappa shape index (κ2) is 4.34. The first-order valence-electron chi connectivity index (χ1n) is 9.83. The van der Waals surface area contributed by atoms with Crippen molar-refractivity contribution in [2.45, 2.75) is 76.9 Å². The van der Waals surface area contributed by atoms with Crippen molar-refractivity contribution in [1.29, 1.82) is 0 Å². The predicted molar refractivity (Wildman–Crippen MR) is 87.8 cm³/mol. The fourth-order valence-corrected chi connectivity index (χ4v) is 8.18. The van der Waals surface area contributed by atoms with E-state index in [9.17, 15) is 10.2 Å². The first kappa shape index (κ1) is 15.2. The number of fused-ring (bicyclic) bond motifs is 3. The van der Waals surface area contributed by atoms with Crippen molar-refractivity contribution in [2.75, 3.05) is 13.2 Å². The van der Waals surface area contributed by atoms with Crippen LogP contribution in [0.15, 0.2) is 0 Å². The van der Waals surface area contributed by atoms with Crippen LogP contribution in [0.2, 0.25) is 0 Å². The van der Waals surface area contributed by atoms with E-state index in [-0.39, 0.29) is 29.1 Å². The van der Waals surface area contributed by atoms with Gasteiger partial charge in [-0.3, -0.25) is 0 Å². The van der Waals surface area contributed by atoms with Crippen LogP contribution in [-0.4, -0.2) is 35.1 Å². The summed E-state index contributed by atoms with van der Waals surface area (Å²) in [6.07, 6.45) is 9.47. The summed E-state index contributed by atoms with van der Waals surface area (Å²) in [4.78, 5) is 0. The summed E-state index contributed by atoms with van der Waals surface area (Å²) in [7, 11) is 0. The maximum absolute atomic E-state index is 10.7. The van der Waals surface area contributed by atoms with Crippen molar-refractivity contribution in [3.63, 3.8) is 0 Å².